The molecular weight excluding hydrogens is 192 g/mol. The van der Waals surface area contributed by atoms with Gasteiger partial charge in [0.25, 0.3) is 0 Å². The van der Waals surface area contributed by atoms with Crippen LogP contribution in [0.4, 0.5) is 0 Å². The molecular formula is C11H22N2O2. The Morgan fingerprint density at radius 3 is 2.80 bits per heavy atom. The molecule has 1 amide bonds. The van der Waals surface area contributed by atoms with Gasteiger partial charge in [0.1, 0.15) is 0 Å². The minimum atomic E-state index is -0.0168. The van der Waals surface area contributed by atoms with Gasteiger partial charge in [-0.25, -0.2) is 0 Å². The van der Waals surface area contributed by atoms with E-state index in [0.717, 1.165) is 38.8 Å². The van der Waals surface area contributed by atoms with E-state index in [9.17, 15) is 4.79 Å². The fourth-order valence-electron chi connectivity index (χ4n) is 2.01. The maximum absolute atomic E-state index is 12.0. The van der Waals surface area contributed by atoms with Gasteiger partial charge in [-0.15, -0.1) is 0 Å². The van der Waals surface area contributed by atoms with Gasteiger partial charge in [0, 0.05) is 13.1 Å². The number of carbonyl (C=O) groups excluding carboxylic acids is 1. The van der Waals surface area contributed by atoms with Crippen LogP contribution in [-0.4, -0.2) is 48.2 Å². The van der Waals surface area contributed by atoms with Gasteiger partial charge < -0.3 is 15.3 Å². The fourth-order valence-corrected chi connectivity index (χ4v) is 2.01. The molecule has 4 nitrogen and oxygen atoms in total. The second-order valence-corrected chi connectivity index (χ2v) is 4.05. The van der Waals surface area contributed by atoms with Crippen molar-refractivity contribution >= 4 is 5.91 Å². The van der Waals surface area contributed by atoms with Crippen LogP contribution in [0.5, 0.6) is 0 Å². The van der Waals surface area contributed by atoms with Crippen molar-refractivity contribution in [1.29, 1.82) is 0 Å². The van der Waals surface area contributed by atoms with Crippen LogP contribution in [0.3, 0.4) is 0 Å². The molecule has 1 saturated heterocycles. The first-order valence-corrected chi connectivity index (χ1v) is 5.92. The lowest BCUT2D eigenvalue weighted by Gasteiger charge is -2.29. The normalized spacial score (nSPS) is 21.3. The van der Waals surface area contributed by atoms with E-state index >= 15 is 0 Å². The summed E-state index contributed by atoms with van der Waals surface area (Å²) in [4.78, 5) is 13.8. The third-order valence-electron chi connectivity index (χ3n) is 2.78. The molecule has 0 bridgehead atoms. The first-order valence-electron chi connectivity index (χ1n) is 5.92. The molecule has 0 radical (unpaired) electrons. The van der Waals surface area contributed by atoms with Gasteiger partial charge in [-0.05, 0) is 25.8 Å². The minimum Gasteiger partial charge on any atom is -0.395 e. The summed E-state index contributed by atoms with van der Waals surface area (Å²) in [5.41, 5.74) is 0. The Morgan fingerprint density at radius 1 is 1.47 bits per heavy atom. The standard InChI is InChI=1S/C11H22N2O2/c1-2-7-13(8-9-14)11(15)10-5-3-4-6-12-10/h10,12,14H,2-9H2,1H3/t10-/m0/s1. The molecule has 1 aliphatic rings. The number of nitrogens with zero attached hydrogens (tertiary/aromatic N) is 1. The van der Waals surface area contributed by atoms with Crippen LogP contribution in [0.2, 0.25) is 0 Å². The van der Waals surface area contributed by atoms with Crippen molar-refractivity contribution in [3.63, 3.8) is 0 Å². The molecule has 4 heteroatoms. The highest BCUT2D eigenvalue weighted by molar-refractivity contribution is 5.82. The van der Waals surface area contributed by atoms with E-state index in [1.807, 2.05) is 6.92 Å². The monoisotopic (exact) mass is 214 g/mol. The summed E-state index contributed by atoms with van der Waals surface area (Å²) >= 11 is 0. The fraction of sp³-hybridized carbons (Fsp3) is 0.909. The molecule has 1 aliphatic heterocycles. The van der Waals surface area contributed by atoms with Crippen molar-refractivity contribution in [2.75, 3.05) is 26.2 Å². The SMILES string of the molecule is CCCN(CCO)C(=O)[C@@H]1CCCCN1. The van der Waals surface area contributed by atoms with Crippen molar-refractivity contribution in [2.24, 2.45) is 0 Å². The molecule has 0 saturated carbocycles. The van der Waals surface area contributed by atoms with Gasteiger partial charge in [-0.2, -0.15) is 0 Å². The summed E-state index contributed by atoms with van der Waals surface area (Å²) in [6, 6.07) is -0.0168. The predicted molar refractivity (Wildman–Crippen MR) is 59.6 cm³/mol. The Kier molecular flexibility index (Phi) is 5.65. The number of hydrogen-bond acceptors (Lipinski definition) is 3. The van der Waals surface area contributed by atoms with Crippen LogP contribution in [0, 0.1) is 0 Å². The molecule has 1 rings (SSSR count). The number of aliphatic hydroxyl groups is 1. The van der Waals surface area contributed by atoms with Crippen molar-refractivity contribution in [3.05, 3.63) is 0 Å². The average molecular weight is 214 g/mol. The van der Waals surface area contributed by atoms with Gasteiger partial charge in [-0.3, -0.25) is 4.79 Å². The molecule has 0 aliphatic carbocycles. The van der Waals surface area contributed by atoms with Crippen LogP contribution in [0.25, 0.3) is 0 Å². The molecule has 1 fully saturated rings. The van der Waals surface area contributed by atoms with E-state index < -0.39 is 0 Å². The highest BCUT2D eigenvalue weighted by atomic mass is 16.3. The summed E-state index contributed by atoms with van der Waals surface area (Å²) in [6.45, 7) is 4.25. The van der Waals surface area contributed by atoms with E-state index in [0.29, 0.717) is 6.54 Å². The first kappa shape index (κ1) is 12.5. The minimum absolute atomic E-state index is 0.0168. The second kappa shape index (κ2) is 6.80. The maximum Gasteiger partial charge on any atom is 0.239 e. The van der Waals surface area contributed by atoms with E-state index in [1.165, 1.54) is 0 Å². The van der Waals surface area contributed by atoms with Crippen molar-refractivity contribution in [3.8, 4) is 0 Å². The van der Waals surface area contributed by atoms with Crippen LogP contribution >= 0.6 is 0 Å². The largest absolute Gasteiger partial charge is 0.395 e. The molecule has 1 atom stereocenters. The van der Waals surface area contributed by atoms with Crippen LogP contribution in [-0.2, 0) is 4.79 Å². The number of nitrogens with one attached hydrogen (secondary N) is 1. The summed E-state index contributed by atoms with van der Waals surface area (Å²) in [6.07, 6.45) is 4.17. The Balaban J connectivity index is 2.45. The van der Waals surface area contributed by atoms with Crippen LogP contribution < -0.4 is 5.32 Å². The van der Waals surface area contributed by atoms with Gasteiger partial charge in [0.2, 0.25) is 5.91 Å². The highest BCUT2D eigenvalue weighted by Gasteiger charge is 2.24. The smallest absolute Gasteiger partial charge is 0.239 e. The molecule has 0 aromatic heterocycles. The Morgan fingerprint density at radius 2 is 2.27 bits per heavy atom. The second-order valence-electron chi connectivity index (χ2n) is 4.05. The van der Waals surface area contributed by atoms with Gasteiger partial charge in [0.05, 0.1) is 12.6 Å². The summed E-state index contributed by atoms with van der Waals surface area (Å²) in [7, 11) is 0. The van der Waals surface area contributed by atoms with E-state index in [1.54, 1.807) is 4.90 Å². The number of aliphatic hydroxyl groups excluding tert-OH is 1. The predicted octanol–water partition coefficient (Wildman–Crippen LogP) is 0.359. The molecule has 0 spiro atoms. The van der Waals surface area contributed by atoms with E-state index in [4.69, 9.17) is 5.11 Å². The number of piperidine rings is 1. The Bertz CT molecular complexity index is 185. The maximum atomic E-state index is 12.0. The average Bonchev–Trinajstić information content (AvgIpc) is 2.29. The van der Waals surface area contributed by atoms with Crippen LogP contribution in [0.15, 0.2) is 0 Å². The van der Waals surface area contributed by atoms with Gasteiger partial charge in [0.15, 0.2) is 0 Å². The molecule has 0 aromatic carbocycles. The van der Waals surface area contributed by atoms with E-state index in [2.05, 4.69) is 5.32 Å². The first-order chi connectivity index (χ1) is 7.29. The zero-order valence-electron chi connectivity index (χ0n) is 9.54. The molecule has 1 heterocycles. The lowest BCUT2D eigenvalue weighted by molar-refractivity contribution is -0.134. The van der Waals surface area contributed by atoms with Crippen molar-refractivity contribution < 1.29 is 9.90 Å². The Labute approximate surface area is 91.6 Å². The molecule has 0 unspecified atom stereocenters. The van der Waals surface area contributed by atoms with Gasteiger partial charge >= 0.3 is 0 Å². The number of rotatable bonds is 5. The highest BCUT2D eigenvalue weighted by Crippen LogP contribution is 2.10. The third kappa shape index (κ3) is 3.80. The summed E-state index contributed by atoms with van der Waals surface area (Å²) in [5.74, 6) is 0.158. The zero-order chi connectivity index (χ0) is 11.1. The summed E-state index contributed by atoms with van der Waals surface area (Å²) < 4.78 is 0. The Hall–Kier alpha value is -0.610. The lowest BCUT2D eigenvalue weighted by Crippen LogP contribution is -2.49. The lowest BCUT2D eigenvalue weighted by atomic mass is 10.0. The molecule has 88 valence electrons. The zero-order valence-corrected chi connectivity index (χ0v) is 9.54. The molecule has 15 heavy (non-hydrogen) atoms. The quantitative estimate of drug-likeness (QED) is 0.695. The molecule has 0 aromatic rings. The summed E-state index contributed by atoms with van der Waals surface area (Å²) in [5, 5.41) is 12.1. The molecule has 2 N–H and O–H groups in total. The third-order valence-corrected chi connectivity index (χ3v) is 2.78. The topological polar surface area (TPSA) is 52.6 Å². The number of hydrogen-bond donors (Lipinski definition) is 2. The van der Waals surface area contributed by atoms with Crippen molar-refractivity contribution in [2.45, 2.75) is 38.6 Å². The van der Waals surface area contributed by atoms with Crippen LogP contribution in [0.1, 0.15) is 32.6 Å². The van der Waals surface area contributed by atoms with Crippen molar-refractivity contribution in [1.82, 2.24) is 10.2 Å². The number of amides is 1. The van der Waals surface area contributed by atoms with Gasteiger partial charge in [-0.1, -0.05) is 13.3 Å². The van der Waals surface area contributed by atoms with E-state index in [-0.39, 0.29) is 18.6 Å². The number of carbonyl (C=O) groups is 1.